The summed E-state index contributed by atoms with van der Waals surface area (Å²) in [6.45, 7) is 0.343. The summed E-state index contributed by atoms with van der Waals surface area (Å²) in [6, 6.07) is 32.7. The molecule has 0 aliphatic carbocycles. The van der Waals surface area contributed by atoms with Gasteiger partial charge in [-0.2, -0.15) is 0 Å². The van der Waals surface area contributed by atoms with Crippen LogP contribution in [0.15, 0.2) is 107 Å². The van der Waals surface area contributed by atoms with Gasteiger partial charge in [0.25, 0.3) is 0 Å². The van der Waals surface area contributed by atoms with E-state index in [2.05, 4.69) is 34.3 Å². The lowest BCUT2D eigenvalue weighted by Gasteiger charge is -2.07. The second-order valence-electron chi connectivity index (χ2n) is 7.88. The zero-order valence-electron chi connectivity index (χ0n) is 17.9. The summed E-state index contributed by atoms with van der Waals surface area (Å²) in [5.74, 6) is 0. The van der Waals surface area contributed by atoms with Crippen LogP contribution in [0, 0.1) is 0 Å². The Hall–Kier alpha value is -4.44. The van der Waals surface area contributed by atoms with Crippen molar-refractivity contribution in [3.63, 3.8) is 0 Å². The highest BCUT2D eigenvalue weighted by Crippen LogP contribution is 2.25. The first-order valence-corrected chi connectivity index (χ1v) is 10.9. The van der Waals surface area contributed by atoms with E-state index < -0.39 is 0 Å². The lowest BCUT2D eigenvalue weighted by Crippen LogP contribution is -1.93. The number of fused-ring (bicyclic) bond motifs is 4. The molecule has 33 heavy (non-hydrogen) atoms. The summed E-state index contributed by atoms with van der Waals surface area (Å²) in [7, 11) is 0. The molecule has 0 bridgehead atoms. The van der Waals surface area contributed by atoms with Gasteiger partial charge in [-0.3, -0.25) is 9.98 Å². The van der Waals surface area contributed by atoms with Gasteiger partial charge in [-0.25, -0.2) is 9.97 Å². The maximum absolute atomic E-state index is 4.78. The predicted molar refractivity (Wildman–Crippen MR) is 139 cm³/mol. The molecular formula is C29H20N4. The average molecular weight is 425 g/mol. The molecular weight excluding hydrogens is 404 g/mol. The van der Waals surface area contributed by atoms with Crippen LogP contribution in [-0.4, -0.2) is 29.1 Å². The highest BCUT2D eigenvalue weighted by molar-refractivity contribution is 6.11. The third-order valence-corrected chi connectivity index (χ3v) is 5.86. The first kappa shape index (κ1) is 19.3. The van der Waals surface area contributed by atoms with Crippen molar-refractivity contribution in [1.29, 1.82) is 0 Å². The standard InChI is InChI=1S/C29H20N4/c1-5-13-26-20(9-1)24(21-10-2-6-14-27(21)32-26)17-30-19-31-18-25-22-11-3-7-15-28(22)33-29-16-8-4-12-23(25)29/h1-18H,19H2/b30-17+,31-18+. The van der Waals surface area contributed by atoms with Gasteiger partial charge in [0.05, 0.1) is 22.1 Å². The van der Waals surface area contributed by atoms with Crippen LogP contribution in [0.4, 0.5) is 0 Å². The van der Waals surface area contributed by atoms with Crippen LogP contribution in [0.2, 0.25) is 0 Å². The van der Waals surface area contributed by atoms with Crippen molar-refractivity contribution in [1.82, 2.24) is 9.97 Å². The van der Waals surface area contributed by atoms with E-state index in [-0.39, 0.29) is 0 Å². The maximum atomic E-state index is 4.78. The van der Waals surface area contributed by atoms with Crippen LogP contribution in [0.1, 0.15) is 11.1 Å². The minimum atomic E-state index is 0.343. The minimum absolute atomic E-state index is 0.343. The van der Waals surface area contributed by atoms with Gasteiger partial charge < -0.3 is 0 Å². The van der Waals surface area contributed by atoms with Crippen molar-refractivity contribution in [2.75, 3.05) is 6.67 Å². The lowest BCUT2D eigenvalue weighted by atomic mass is 10.0. The molecule has 6 aromatic rings. The first-order valence-electron chi connectivity index (χ1n) is 10.9. The first-order chi connectivity index (χ1) is 16.4. The number of nitrogens with zero attached hydrogens (tertiary/aromatic N) is 4. The van der Waals surface area contributed by atoms with Crippen LogP contribution >= 0.6 is 0 Å². The van der Waals surface area contributed by atoms with Crippen molar-refractivity contribution < 1.29 is 0 Å². The zero-order valence-corrected chi connectivity index (χ0v) is 17.9. The zero-order chi connectivity index (χ0) is 22.0. The van der Waals surface area contributed by atoms with Crippen LogP contribution in [0.25, 0.3) is 43.6 Å². The molecule has 0 amide bonds. The number of hydrogen-bond donors (Lipinski definition) is 0. The van der Waals surface area contributed by atoms with Gasteiger partial charge in [-0.15, -0.1) is 0 Å². The van der Waals surface area contributed by atoms with E-state index >= 15 is 0 Å². The van der Waals surface area contributed by atoms with Gasteiger partial charge in [0.15, 0.2) is 0 Å². The molecule has 2 aromatic heterocycles. The van der Waals surface area contributed by atoms with E-state index in [9.17, 15) is 0 Å². The third-order valence-electron chi connectivity index (χ3n) is 5.86. The molecule has 0 aliphatic heterocycles. The molecule has 0 fully saturated rings. The molecule has 2 heterocycles. The van der Waals surface area contributed by atoms with Gasteiger partial charge >= 0.3 is 0 Å². The number of pyridine rings is 2. The Morgan fingerprint density at radius 2 is 0.758 bits per heavy atom. The summed E-state index contributed by atoms with van der Waals surface area (Å²) in [4.78, 5) is 18.9. The number of aromatic nitrogens is 2. The van der Waals surface area contributed by atoms with Gasteiger partial charge in [0, 0.05) is 45.1 Å². The Balaban J connectivity index is 1.37. The smallest absolute Gasteiger partial charge is 0.129 e. The Kier molecular flexibility index (Phi) is 4.81. The molecule has 0 saturated heterocycles. The molecule has 4 aromatic carbocycles. The number of aliphatic imine (C=N–C) groups is 2. The van der Waals surface area contributed by atoms with Crippen molar-refractivity contribution in [2.45, 2.75) is 0 Å². The normalized spacial score (nSPS) is 12.1. The van der Waals surface area contributed by atoms with Gasteiger partial charge in [0.1, 0.15) is 6.67 Å². The van der Waals surface area contributed by atoms with E-state index in [1.54, 1.807) is 0 Å². The fraction of sp³-hybridized carbons (Fsp3) is 0.0345. The van der Waals surface area contributed by atoms with Crippen LogP contribution in [-0.2, 0) is 0 Å². The second kappa shape index (κ2) is 8.24. The maximum Gasteiger partial charge on any atom is 0.129 e. The van der Waals surface area contributed by atoms with Gasteiger partial charge in [-0.1, -0.05) is 72.8 Å². The number of para-hydroxylation sites is 4. The molecule has 4 nitrogen and oxygen atoms in total. The van der Waals surface area contributed by atoms with Crippen molar-refractivity contribution in [2.24, 2.45) is 9.98 Å². The largest absolute Gasteiger partial charge is 0.269 e. The van der Waals surface area contributed by atoms with E-state index in [0.29, 0.717) is 6.67 Å². The topological polar surface area (TPSA) is 50.5 Å². The summed E-state index contributed by atoms with van der Waals surface area (Å²) < 4.78 is 0. The minimum Gasteiger partial charge on any atom is -0.269 e. The summed E-state index contributed by atoms with van der Waals surface area (Å²) in [5, 5.41) is 4.37. The van der Waals surface area contributed by atoms with Crippen LogP contribution in [0.3, 0.4) is 0 Å². The molecule has 4 heteroatoms. The van der Waals surface area contributed by atoms with Crippen LogP contribution < -0.4 is 0 Å². The monoisotopic (exact) mass is 424 g/mol. The average Bonchev–Trinajstić information content (AvgIpc) is 2.87. The van der Waals surface area contributed by atoms with E-state index in [1.165, 1.54) is 0 Å². The van der Waals surface area contributed by atoms with Crippen molar-refractivity contribution in [3.05, 3.63) is 108 Å². The molecule has 0 atom stereocenters. The van der Waals surface area contributed by atoms with E-state index in [4.69, 9.17) is 9.97 Å². The molecule has 0 saturated carbocycles. The predicted octanol–water partition coefficient (Wildman–Crippen LogP) is 6.58. The highest BCUT2D eigenvalue weighted by atomic mass is 14.9. The lowest BCUT2D eigenvalue weighted by molar-refractivity contribution is 1.08. The molecule has 0 spiro atoms. The molecule has 156 valence electrons. The molecule has 0 aliphatic rings. The van der Waals surface area contributed by atoms with E-state index in [0.717, 1.165) is 54.7 Å². The quantitative estimate of drug-likeness (QED) is 0.237. The fourth-order valence-corrected chi connectivity index (χ4v) is 4.33. The van der Waals surface area contributed by atoms with Crippen molar-refractivity contribution in [3.8, 4) is 0 Å². The molecule has 0 N–H and O–H groups in total. The summed E-state index contributed by atoms with van der Waals surface area (Å²) in [5.41, 5.74) is 6.02. The fourth-order valence-electron chi connectivity index (χ4n) is 4.33. The third kappa shape index (κ3) is 3.52. The highest BCUT2D eigenvalue weighted by Gasteiger charge is 2.07. The summed E-state index contributed by atoms with van der Waals surface area (Å²) in [6.07, 6.45) is 3.85. The summed E-state index contributed by atoms with van der Waals surface area (Å²) >= 11 is 0. The van der Waals surface area contributed by atoms with E-state index in [1.807, 2.05) is 85.2 Å². The van der Waals surface area contributed by atoms with Gasteiger partial charge in [0.2, 0.25) is 0 Å². The van der Waals surface area contributed by atoms with Crippen molar-refractivity contribution >= 4 is 56.0 Å². The Bertz CT molecular complexity index is 1460. The molecule has 6 rings (SSSR count). The number of hydrogen-bond acceptors (Lipinski definition) is 4. The number of benzene rings is 4. The molecule has 0 radical (unpaired) electrons. The van der Waals surface area contributed by atoms with Gasteiger partial charge in [-0.05, 0) is 24.3 Å². The van der Waals surface area contributed by atoms with Crippen LogP contribution in [0.5, 0.6) is 0 Å². The number of rotatable bonds is 4. The Morgan fingerprint density at radius 1 is 0.455 bits per heavy atom. The SMILES string of the molecule is C(=N\C/N=C/c1c2ccccc2nc2ccccc12)/c1c2ccccc2nc2ccccc12. The Labute approximate surface area is 191 Å². The Morgan fingerprint density at radius 3 is 1.09 bits per heavy atom. The molecule has 0 unspecified atom stereocenters. The second-order valence-corrected chi connectivity index (χ2v) is 7.88.